The number of para-hydroxylation sites is 1. The summed E-state index contributed by atoms with van der Waals surface area (Å²) in [5.74, 6) is 1.06. The fraction of sp³-hybridized carbons (Fsp3) is 0.450. The van der Waals surface area contributed by atoms with E-state index in [0.717, 1.165) is 30.8 Å². The van der Waals surface area contributed by atoms with Crippen LogP contribution in [-0.4, -0.2) is 28.1 Å². The molecule has 2 saturated heterocycles. The maximum absolute atomic E-state index is 6.21. The summed E-state index contributed by atoms with van der Waals surface area (Å²) < 4.78 is 5.57. The molecule has 2 bridgehead atoms. The third kappa shape index (κ3) is 4.05. The average Bonchev–Trinajstić information content (AvgIpc) is 3.11. The molecule has 0 aliphatic carbocycles. The first-order valence-corrected chi connectivity index (χ1v) is 10.1. The minimum Gasteiger partial charge on any atom is -0.468 e. The lowest BCUT2D eigenvalue weighted by atomic mass is 9.81. The molecule has 138 valence electrons. The lowest BCUT2D eigenvalue weighted by Gasteiger charge is -2.48. The average molecular weight is 390 g/mol. The van der Waals surface area contributed by atoms with Gasteiger partial charge >= 0.3 is 0 Å². The van der Waals surface area contributed by atoms with Crippen LogP contribution >= 0.6 is 23.8 Å². The van der Waals surface area contributed by atoms with Crippen LogP contribution in [0.1, 0.15) is 37.9 Å². The zero-order valence-corrected chi connectivity index (χ0v) is 16.2. The van der Waals surface area contributed by atoms with Gasteiger partial charge < -0.3 is 15.1 Å². The Morgan fingerprint density at radius 2 is 1.92 bits per heavy atom. The van der Waals surface area contributed by atoms with Gasteiger partial charge in [0.05, 0.1) is 23.5 Å². The van der Waals surface area contributed by atoms with E-state index in [1.807, 2.05) is 30.3 Å². The van der Waals surface area contributed by atoms with Crippen molar-refractivity contribution in [2.24, 2.45) is 0 Å². The first-order chi connectivity index (χ1) is 12.7. The molecule has 4 rings (SSSR count). The summed E-state index contributed by atoms with van der Waals surface area (Å²) >= 11 is 11.7. The molecular formula is C20H24ClN3OS. The SMILES string of the molecule is S=C(Nc1ccccc1Cl)NC1C[C@H]2CCC[C@H](C1)N2Cc1ccco1. The number of anilines is 1. The lowest BCUT2D eigenvalue weighted by Crippen LogP contribution is -2.56. The molecule has 0 amide bonds. The monoisotopic (exact) mass is 389 g/mol. The highest BCUT2D eigenvalue weighted by Gasteiger charge is 2.38. The van der Waals surface area contributed by atoms with Crippen LogP contribution in [0.3, 0.4) is 0 Å². The Kier molecular flexibility index (Phi) is 5.48. The number of furan rings is 1. The molecule has 6 heteroatoms. The molecule has 0 radical (unpaired) electrons. The number of hydrogen-bond acceptors (Lipinski definition) is 3. The van der Waals surface area contributed by atoms with Crippen molar-refractivity contribution in [3.63, 3.8) is 0 Å². The summed E-state index contributed by atoms with van der Waals surface area (Å²) in [6, 6.07) is 13.3. The van der Waals surface area contributed by atoms with Crippen LogP contribution in [0.5, 0.6) is 0 Å². The van der Waals surface area contributed by atoms with Gasteiger partial charge in [0.25, 0.3) is 0 Å². The molecule has 2 aliphatic rings. The predicted octanol–water partition coefficient (Wildman–Crippen LogP) is 4.81. The molecule has 2 atom stereocenters. The van der Waals surface area contributed by atoms with Gasteiger partial charge in [-0.2, -0.15) is 0 Å². The fourth-order valence-corrected chi connectivity index (χ4v) is 4.80. The Labute approximate surface area is 164 Å². The van der Waals surface area contributed by atoms with Crippen LogP contribution in [0.4, 0.5) is 5.69 Å². The Bertz CT molecular complexity index is 737. The van der Waals surface area contributed by atoms with Crippen molar-refractivity contribution in [1.82, 2.24) is 10.2 Å². The zero-order chi connectivity index (χ0) is 17.9. The quantitative estimate of drug-likeness (QED) is 0.734. The first kappa shape index (κ1) is 17.8. The van der Waals surface area contributed by atoms with Crippen molar-refractivity contribution in [3.8, 4) is 0 Å². The molecule has 2 aromatic rings. The van der Waals surface area contributed by atoms with Crippen LogP contribution in [0.2, 0.25) is 5.02 Å². The van der Waals surface area contributed by atoms with E-state index in [9.17, 15) is 0 Å². The molecule has 2 aliphatic heterocycles. The number of fused-ring (bicyclic) bond motifs is 2. The summed E-state index contributed by atoms with van der Waals surface area (Å²) in [4.78, 5) is 2.63. The molecule has 26 heavy (non-hydrogen) atoms. The number of nitrogens with zero attached hydrogens (tertiary/aromatic N) is 1. The van der Waals surface area contributed by atoms with E-state index < -0.39 is 0 Å². The van der Waals surface area contributed by atoms with Gasteiger partial charge in [0, 0.05) is 18.1 Å². The minimum absolute atomic E-state index is 0.403. The van der Waals surface area contributed by atoms with E-state index in [0.29, 0.717) is 28.3 Å². The van der Waals surface area contributed by atoms with Gasteiger partial charge in [0.2, 0.25) is 0 Å². The van der Waals surface area contributed by atoms with Crippen LogP contribution < -0.4 is 10.6 Å². The van der Waals surface area contributed by atoms with Crippen molar-refractivity contribution in [2.75, 3.05) is 5.32 Å². The number of benzene rings is 1. The number of nitrogens with one attached hydrogen (secondary N) is 2. The number of halogens is 1. The summed E-state index contributed by atoms with van der Waals surface area (Å²) in [7, 11) is 0. The van der Waals surface area contributed by atoms with Crippen LogP contribution in [-0.2, 0) is 6.54 Å². The maximum atomic E-state index is 6.21. The van der Waals surface area contributed by atoms with E-state index in [-0.39, 0.29) is 0 Å². The summed E-state index contributed by atoms with van der Waals surface area (Å²) in [5.41, 5.74) is 0.849. The molecule has 1 aromatic heterocycles. The number of piperidine rings is 2. The van der Waals surface area contributed by atoms with E-state index in [1.165, 1.54) is 19.3 Å². The van der Waals surface area contributed by atoms with E-state index in [4.69, 9.17) is 28.2 Å². The van der Waals surface area contributed by atoms with E-state index in [1.54, 1.807) is 6.26 Å². The summed E-state index contributed by atoms with van der Waals surface area (Å²) in [6.07, 6.45) is 7.81. The van der Waals surface area contributed by atoms with Gasteiger partial charge in [-0.15, -0.1) is 0 Å². The molecule has 1 aromatic carbocycles. The van der Waals surface area contributed by atoms with Gasteiger partial charge in [0.1, 0.15) is 5.76 Å². The number of rotatable bonds is 4. The van der Waals surface area contributed by atoms with Gasteiger partial charge in [-0.1, -0.05) is 30.2 Å². The Morgan fingerprint density at radius 3 is 2.62 bits per heavy atom. The zero-order valence-electron chi connectivity index (χ0n) is 14.7. The molecule has 0 unspecified atom stereocenters. The smallest absolute Gasteiger partial charge is 0.171 e. The lowest BCUT2D eigenvalue weighted by molar-refractivity contribution is 0.0161. The van der Waals surface area contributed by atoms with Crippen molar-refractivity contribution >= 4 is 34.6 Å². The van der Waals surface area contributed by atoms with Gasteiger partial charge in [0.15, 0.2) is 5.11 Å². The molecule has 2 N–H and O–H groups in total. The third-order valence-corrected chi connectivity index (χ3v) is 6.05. The largest absolute Gasteiger partial charge is 0.468 e. The first-order valence-electron chi connectivity index (χ1n) is 9.29. The second kappa shape index (κ2) is 7.99. The van der Waals surface area contributed by atoms with Crippen molar-refractivity contribution in [1.29, 1.82) is 0 Å². The van der Waals surface area contributed by atoms with Gasteiger partial charge in [-0.25, -0.2) is 0 Å². The molecule has 3 heterocycles. The van der Waals surface area contributed by atoms with E-state index in [2.05, 4.69) is 21.6 Å². The highest BCUT2D eigenvalue weighted by atomic mass is 35.5. The molecule has 2 fully saturated rings. The second-order valence-corrected chi connectivity index (χ2v) is 8.05. The van der Waals surface area contributed by atoms with Gasteiger partial charge in [-0.3, -0.25) is 4.90 Å². The normalized spacial score (nSPS) is 25.7. The van der Waals surface area contributed by atoms with Crippen LogP contribution in [0.15, 0.2) is 47.1 Å². The maximum Gasteiger partial charge on any atom is 0.171 e. The molecular weight excluding hydrogens is 366 g/mol. The Hall–Kier alpha value is -1.56. The van der Waals surface area contributed by atoms with Crippen LogP contribution in [0.25, 0.3) is 0 Å². The van der Waals surface area contributed by atoms with E-state index >= 15 is 0 Å². The second-order valence-electron chi connectivity index (χ2n) is 7.24. The third-order valence-electron chi connectivity index (χ3n) is 5.50. The summed E-state index contributed by atoms with van der Waals surface area (Å²) in [6.45, 7) is 0.914. The highest BCUT2D eigenvalue weighted by Crippen LogP contribution is 2.35. The molecule has 0 saturated carbocycles. The van der Waals surface area contributed by atoms with Crippen molar-refractivity contribution in [2.45, 2.75) is 56.8 Å². The fourth-order valence-electron chi connectivity index (χ4n) is 4.34. The predicted molar refractivity (Wildman–Crippen MR) is 110 cm³/mol. The number of thiocarbonyl (C=S) groups is 1. The minimum atomic E-state index is 0.403. The van der Waals surface area contributed by atoms with Gasteiger partial charge in [-0.05, 0) is 62.2 Å². The van der Waals surface area contributed by atoms with Crippen LogP contribution in [0, 0.1) is 0 Å². The van der Waals surface area contributed by atoms with Crippen molar-refractivity contribution in [3.05, 3.63) is 53.4 Å². The van der Waals surface area contributed by atoms with Crippen molar-refractivity contribution < 1.29 is 4.42 Å². The number of hydrogen-bond donors (Lipinski definition) is 2. The summed E-state index contributed by atoms with van der Waals surface area (Å²) in [5, 5.41) is 8.08. The molecule has 4 nitrogen and oxygen atoms in total. The standard InChI is InChI=1S/C20H24ClN3OS/c21-18-8-1-2-9-19(18)23-20(26)22-14-11-15-5-3-6-16(12-14)24(15)13-17-7-4-10-25-17/h1-2,4,7-10,14-16H,3,5-6,11-13H2,(H2,22,23,26)/t15-,16-/m1/s1. The Morgan fingerprint density at radius 1 is 1.15 bits per heavy atom. The Balaban J connectivity index is 1.36. The topological polar surface area (TPSA) is 40.4 Å². The highest BCUT2D eigenvalue weighted by molar-refractivity contribution is 7.80. The molecule has 0 spiro atoms.